The van der Waals surface area contributed by atoms with Crippen LogP contribution in [-0.4, -0.2) is 26.0 Å². The number of hydrogen-bond donors (Lipinski definition) is 3. The number of anilines is 1. The van der Waals surface area contributed by atoms with Gasteiger partial charge < -0.3 is 5.11 Å². The number of hydrogen-bond acceptors (Lipinski definition) is 3. The largest absolute Gasteiger partial charge is 0.478 e. The summed E-state index contributed by atoms with van der Waals surface area (Å²) in [5.41, 5.74) is 0.0970. The molecule has 0 heterocycles. The molecule has 0 bridgehead atoms. The monoisotopic (exact) mass is 288 g/mol. The number of halogens is 1. The predicted octanol–water partition coefficient (Wildman–Crippen LogP) is 1.19. The van der Waals surface area contributed by atoms with Crippen molar-refractivity contribution in [2.24, 2.45) is 0 Å². The van der Waals surface area contributed by atoms with E-state index in [9.17, 15) is 17.6 Å². The van der Waals surface area contributed by atoms with Crippen molar-refractivity contribution in [2.45, 2.75) is 6.92 Å². The van der Waals surface area contributed by atoms with Gasteiger partial charge in [-0.2, -0.15) is 13.1 Å². The van der Waals surface area contributed by atoms with Crippen LogP contribution < -0.4 is 9.44 Å². The summed E-state index contributed by atoms with van der Waals surface area (Å²) in [5.74, 6) is -1.95. The van der Waals surface area contributed by atoms with Crippen molar-refractivity contribution in [1.82, 2.24) is 4.72 Å². The lowest BCUT2D eigenvalue weighted by atomic mass is 10.2. The number of carboxylic acids is 1. The molecule has 0 spiro atoms. The number of benzene rings is 1. The fourth-order valence-corrected chi connectivity index (χ4v) is 2.16. The average molecular weight is 288 g/mol. The smallest absolute Gasteiger partial charge is 0.328 e. The maximum atomic E-state index is 13.6. The highest BCUT2D eigenvalue weighted by Gasteiger charge is 2.11. The van der Waals surface area contributed by atoms with Gasteiger partial charge in [-0.05, 0) is 23.8 Å². The Balaban J connectivity index is 2.92. The third kappa shape index (κ3) is 5.06. The topological polar surface area (TPSA) is 95.5 Å². The highest BCUT2D eigenvalue weighted by Crippen LogP contribution is 2.17. The fraction of sp³-hybridized carbons (Fsp3) is 0.182. The number of nitrogens with one attached hydrogen (secondary N) is 2. The van der Waals surface area contributed by atoms with Crippen LogP contribution in [0.5, 0.6) is 0 Å². The van der Waals surface area contributed by atoms with Gasteiger partial charge in [0, 0.05) is 12.6 Å². The third-order valence-corrected chi connectivity index (χ3v) is 3.15. The van der Waals surface area contributed by atoms with Gasteiger partial charge in [0.2, 0.25) is 0 Å². The first-order chi connectivity index (χ1) is 8.84. The molecule has 0 aromatic heterocycles. The second-order valence-corrected chi connectivity index (χ2v) is 5.01. The summed E-state index contributed by atoms with van der Waals surface area (Å²) in [6.45, 7) is 1.77. The Morgan fingerprint density at radius 3 is 2.68 bits per heavy atom. The first-order valence-electron chi connectivity index (χ1n) is 5.32. The molecule has 0 aliphatic rings. The summed E-state index contributed by atoms with van der Waals surface area (Å²) in [6.07, 6.45) is 2.06. The van der Waals surface area contributed by atoms with Gasteiger partial charge in [0.1, 0.15) is 5.82 Å². The van der Waals surface area contributed by atoms with Gasteiger partial charge in [-0.25, -0.2) is 9.18 Å². The zero-order chi connectivity index (χ0) is 14.5. The molecule has 0 aliphatic carbocycles. The van der Waals surface area contributed by atoms with Crippen LogP contribution in [0, 0.1) is 5.82 Å². The second-order valence-electron chi connectivity index (χ2n) is 3.51. The van der Waals surface area contributed by atoms with E-state index < -0.39 is 22.0 Å². The molecule has 0 radical (unpaired) electrons. The Kier molecular flexibility index (Phi) is 5.02. The summed E-state index contributed by atoms with van der Waals surface area (Å²) in [7, 11) is -3.80. The molecule has 0 saturated heterocycles. The Morgan fingerprint density at radius 1 is 1.47 bits per heavy atom. The predicted molar refractivity (Wildman–Crippen MR) is 69.3 cm³/mol. The molecule has 8 heteroatoms. The Morgan fingerprint density at radius 2 is 2.16 bits per heavy atom. The molecule has 0 amide bonds. The molecule has 1 aromatic rings. The molecule has 1 aromatic carbocycles. The highest BCUT2D eigenvalue weighted by molar-refractivity contribution is 7.90. The average Bonchev–Trinajstić information content (AvgIpc) is 2.29. The number of carbonyl (C=O) groups is 1. The highest BCUT2D eigenvalue weighted by atomic mass is 32.2. The van der Waals surface area contributed by atoms with E-state index in [1.165, 1.54) is 18.2 Å². The maximum absolute atomic E-state index is 13.6. The van der Waals surface area contributed by atoms with Crippen molar-refractivity contribution in [3.05, 3.63) is 35.7 Å². The van der Waals surface area contributed by atoms with Crippen molar-refractivity contribution in [3.8, 4) is 0 Å². The van der Waals surface area contributed by atoms with Crippen LogP contribution in [0.1, 0.15) is 12.5 Å². The zero-order valence-electron chi connectivity index (χ0n) is 10.1. The Bertz CT molecular complexity index is 599. The van der Waals surface area contributed by atoms with Gasteiger partial charge in [-0.15, -0.1) is 0 Å². The lowest BCUT2D eigenvalue weighted by Gasteiger charge is -2.09. The molecular weight excluding hydrogens is 275 g/mol. The van der Waals surface area contributed by atoms with Crippen LogP contribution in [0.15, 0.2) is 24.3 Å². The number of aliphatic carboxylic acids is 1. The number of rotatable bonds is 6. The Hall–Kier alpha value is -1.93. The quantitative estimate of drug-likeness (QED) is 0.685. The van der Waals surface area contributed by atoms with Crippen LogP contribution in [-0.2, 0) is 15.0 Å². The minimum atomic E-state index is -3.80. The van der Waals surface area contributed by atoms with Gasteiger partial charge in [-0.1, -0.05) is 13.0 Å². The van der Waals surface area contributed by atoms with E-state index in [-0.39, 0.29) is 12.2 Å². The Labute approximate surface area is 110 Å². The van der Waals surface area contributed by atoms with Crippen LogP contribution >= 0.6 is 0 Å². The van der Waals surface area contributed by atoms with Gasteiger partial charge in [0.15, 0.2) is 0 Å². The standard InChI is InChI=1S/C11H13FN2O4S/c1-2-13-19(17,18)14-10-5-3-8(7-9(10)12)4-6-11(15)16/h3-7,13-14H,2H2,1H3,(H,15,16)/b6-4+. The molecule has 0 aliphatic heterocycles. The minimum absolute atomic E-state index is 0.177. The SMILES string of the molecule is CCNS(=O)(=O)Nc1ccc(/C=C/C(=O)O)cc1F. The molecule has 0 saturated carbocycles. The van der Waals surface area contributed by atoms with Gasteiger partial charge in [0.05, 0.1) is 5.69 Å². The maximum Gasteiger partial charge on any atom is 0.328 e. The molecule has 0 fully saturated rings. The van der Waals surface area contributed by atoms with E-state index in [4.69, 9.17) is 5.11 Å². The summed E-state index contributed by atoms with van der Waals surface area (Å²) in [4.78, 5) is 10.3. The number of carboxylic acid groups (broad SMARTS) is 1. The molecule has 19 heavy (non-hydrogen) atoms. The minimum Gasteiger partial charge on any atom is -0.478 e. The van der Waals surface area contributed by atoms with E-state index >= 15 is 0 Å². The van der Waals surface area contributed by atoms with Crippen molar-refractivity contribution in [1.29, 1.82) is 0 Å². The van der Waals surface area contributed by atoms with E-state index in [1.807, 2.05) is 4.72 Å². The van der Waals surface area contributed by atoms with Gasteiger partial charge in [0.25, 0.3) is 10.2 Å². The third-order valence-electron chi connectivity index (χ3n) is 1.99. The van der Waals surface area contributed by atoms with E-state index in [1.54, 1.807) is 6.92 Å². The molecule has 1 rings (SSSR count). The molecule has 104 valence electrons. The summed E-state index contributed by atoms with van der Waals surface area (Å²) in [5, 5.41) is 8.43. The van der Waals surface area contributed by atoms with Crippen molar-refractivity contribution < 1.29 is 22.7 Å². The summed E-state index contributed by atoms with van der Waals surface area (Å²) >= 11 is 0. The lowest BCUT2D eigenvalue weighted by Crippen LogP contribution is -2.30. The first kappa shape index (κ1) is 15.1. The normalized spacial score (nSPS) is 11.7. The van der Waals surface area contributed by atoms with Crippen LogP contribution in [0.25, 0.3) is 6.08 Å². The van der Waals surface area contributed by atoms with Gasteiger partial charge >= 0.3 is 5.97 Å². The summed E-state index contributed by atoms with van der Waals surface area (Å²) in [6, 6.07) is 3.64. The van der Waals surface area contributed by atoms with E-state index in [0.717, 1.165) is 12.1 Å². The molecule has 3 N–H and O–H groups in total. The van der Waals surface area contributed by atoms with E-state index in [0.29, 0.717) is 5.56 Å². The van der Waals surface area contributed by atoms with Crippen molar-refractivity contribution in [3.63, 3.8) is 0 Å². The lowest BCUT2D eigenvalue weighted by molar-refractivity contribution is -0.131. The van der Waals surface area contributed by atoms with Crippen molar-refractivity contribution >= 4 is 27.9 Å². The first-order valence-corrected chi connectivity index (χ1v) is 6.80. The second kappa shape index (κ2) is 6.30. The van der Waals surface area contributed by atoms with Crippen LogP contribution in [0.2, 0.25) is 0 Å². The zero-order valence-corrected chi connectivity index (χ0v) is 10.9. The molecular formula is C11H13FN2O4S. The van der Waals surface area contributed by atoms with Crippen LogP contribution in [0.3, 0.4) is 0 Å². The fourth-order valence-electron chi connectivity index (χ4n) is 1.26. The van der Waals surface area contributed by atoms with Crippen molar-refractivity contribution in [2.75, 3.05) is 11.3 Å². The summed E-state index contributed by atoms with van der Waals surface area (Å²) < 4.78 is 40.5. The molecule has 0 atom stereocenters. The van der Waals surface area contributed by atoms with E-state index in [2.05, 4.69) is 4.72 Å². The van der Waals surface area contributed by atoms with Crippen LogP contribution in [0.4, 0.5) is 10.1 Å². The molecule has 6 nitrogen and oxygen atoms in total. The van der Waals surface area contributed by atoms with Gasteiger partial charge in [-0.3, -0.25) is 4.72 Å². The molecule has 0 unspecified atom stereocenters.